The standard InChI is InChI=1S/C20H18FN3O4/c1-26-15-9-14(10-16(11-15)27-2)24-20(25)23-13-7-8-19(22-12-13)28-18-6-4-3-5-17(18)21/h3-12H,1-2H3,(H2,23,24,25). The Morgan fingerprint density at radius 2 is 1.61 bits per heavy atom. The highest BCUT2D eigenvalue weighted by atomic mass is 19.1. The lowest BCUT2D eigenvalue weighted by molar-refractivity contribution is 0.262. The summed E-state index contributed by atoms with van der Waals surface area (Å²) in [6.07, 6.45) is 1.40. The summed E-state index contributed by atoms with van der Waals surface area (Å²) >= 11 is 0. The van der Waals surface area contributed by atoms with E-state index in [2.05, 4.69) is 15.6 Å². The number of rotatable bonds is 6. The minimum atomic E-state index is -0.486. The van der Waals surface area contributed by atoms with Gasteiger partial charge < -0.3 is 24.8 Å². The highest BCUT2D eigenvalue weighted by Gasteiger charge is 2.08. The number of nitrogens with one attached hydrogen (secondary N) is 2. The van der Waals surface area contributed by atoms with E-state index in [-0.39, 0.29) is 11.6 Å². The van der Waals surface area contributed by atoms with Gasteiger partial charge in [-0.15, -0.1) is 0 Å². The predicted molar refractivity (Wildman–Crippen MR) is 103 cm³/mol. The molecule has 0 aliphatic rings. The molecule has 2 amide bonds. The van der Waals surface area contributed by atoms with Gasteiger partial charge in [0.2, 0.25) is 5.88 Å². The van der Waals surface area contributed by atoms with E-state index in [9.17, 15) is 9.18 Å². The number of hydrogen-bond acceptors (Lipinski definition) is 5. The zero-order valence-corrected chi connectivity index (χ0v) is 15.2. The largest absolute Gasteiger partial charge is 0.497 e. The molecule has 0 fully saturated rings. The molecule has 3 aromatic rings. The van der Waals surface area contributed by atoms with E-state index in [4.69, 9.17) is 14.2 Å². The number of nitrogens with zero attached hydrogens (tertiary/aromatic N) is 1. The fraction of sp³-hybridized carbons (Fsp3) is 0.100. The average Bonchev–Trinajstić information content (AvgIpc) is 2.70. The minimum Gasteiger partial charge on any atom is -0.497 e. The van der Waals surface area contributed by atoms with Crippen LogP contribution >= 0.6 is 0 Å². The van der Waals surface area contributed by atoms with Crippen molar-refractivity contribution in [1.82, 2.24) is 4.98 Å². The van der Waals surface area contributed by atoms with Crippen LogP contribution in [0.25, 0.3) is 0 Å². The van der Waals surface area contributed by atoms with E-state index in [1.165, 1.54) is 38.6 Å². The van der Waals surface area contributed by atoms with E-state index < -0.39 is 11.8 Å². The van der Waals surface area contributed by atoms with Crippen LogP contribution in [0.5, 0.6) is 23.1 Å². The molecule has 0 radical (unpaired) electrons. The van der Waals surface area contributed by atoms with Crippen molar-refractivity contribution in [3.05, 3.63) is 66.6 Å². The van der Waals surface area contributed by atoms with Gasteiger partial charge in [0.15, 0.2) is 11.6 Å². The van der Waals surface area contributed by atoms with Gasteiger partial charge in [-0.25, -0.2) is 14.2 Å². The van der Waals surface area contributed by atoms with E-state index in [1.54, 1.807) is 36.4 Å². The van der Waals surface area contributed by atoms with Gasteiger partial charge in [-0.3, -0.25) is 0 Å². The second kappa shape index (κ2) is 8.72. The molecule has 0 bridgehead atoms. The zero-order chi connectivity index (χ0) is 19.9. The van der Waals surface area contributed by atoms with Gasteiger partial charge in [0, 0.05) is 30.0 Å². The second-order valence-corrected chi connectivity index (χ2v) is 5.60. The van der Waals surface area contributed by atoms with Crippen LogP contribution in [-0.4, -0.2) is 25.2 Å². The normalized spacial score (nSPS) is 10.1. The first-order valence-electron chi connectivity index (χ1n) is 8.27. The maximum atomic E-state index is 13.6. The van der Waals surface area contributed by atoms with Gasteiger partial charge in [0.1, 0.15) is 11.5 Å². The molecule has 0 unspecified atom stereocenters. The molecule has 0 spiro atoms. The number of amides is 2. The summed E-state index contributed by atoms with van der Waals surface area (Å²) in [5.41, 5.74) is 0.939. The first-order chi connectivity index (χ1) is 13.6. The summed E-state index contributed by atoms with van der Waals surface area (Å²) in [7, 11) is 3.05. The number of aromatic nitrogens is 1. The Bertz CT molecular complexity index is 942. The second-order valence-electron chi connectivity index (χ2n) is 5.60. The lowest BCUT2D eigenvalue weighted by Gasteiger charge is -2.11. The highest BCUT2D eigenvalue weighted by molar-refractivity contribution is 5.99. The summed E-state index contributed by atoms with van der Waals surface area (Å²) in [5, 5.41) is 5.33. The highest BCUT2D eigenvalue weighted by Crippen LogP contribution is 2.26. The van der Waals surface area contributed by atoms with Crippen LogP contribution in [-0.2, 0) is 0 Å². The third-order valence-corrected chi connectivity index (χ3v) is 3.65. The van der Waals surface area contributed by atoms with E-state index in [1.807, 2.05) is 0 Å². The van der Waals surface area contributed by atoms with Gasteiger partial charge in [0.05, 0.1) is 26.1 Å². The van der Waals surface area contributed by atoms with Crippen molar-refractivity contribution < 1.29 is 23.4 Å². The molecular formula is C20H18FN3O4. The number of halogens is 1. The number of anilines is 2. The predicted octanol–water partition coefficient (Wildman–Crippen LogP) is 4.67. The smallest absolute Gasteiger partial charge is 0.323 e. The van der Waals surface area contributed by atoms with Crippen molar-refractivity contribution in [3.63, 3.8) is 0 Å². The lowest BCUT2D eigenvalue weighted by Crippen LogP contribution is -2.19. The number of pyridine rings is 1. The van der Waals surface area contributed by atoms with Crippen molar-refractivity contribution in [2.45, 2.75) is 0 Å². The number of carbonyl (C=O) groups is 1. The molecular weight excluding hydrogens is 365 g/mol. The lowest BCUT2D eigenvalue weighted by atomic mass is 10.3. The van der Waals surface area contributed by atoms with Gasteiger partial charge >= 0.3 is 6.03 Å². The minimum absolute atomic E-state index is 0.0698. The van der Waals surface area contributed by atoms with Gasteiger partial charge in [-0.2, -0.15) is 0 Å². The third-order valence-electron chi connectivity index (χ3n) is 3.65. The number of methoxy groups -OCH3 is 2. The van der Waals surface area contributed by atoms with Crippen LogP contribution in [0.2, 0.25) is 0 Å². The fourth-order valence-electron chi connectivity index (χ4n) is 2.33. The summed E-state index contributed by atoms with van der Waals surface area (Å²) in [4.78, 5) is 16.2. The molecule has 0 aliphatic heterocycles. The summed E-state index contributed by atoms with van der Waals surface area (Å²) in [6, 6.07) is 13.7. The summed E-state index contributed by atoms with van der Waals surface area (Å²) in [5.74, 6) is 0.880. The molecule has 1 heterocycles. The van der Waals surface area contributed by atoms with Gasteiger partial charge in [0.25, 0.3) is 0 Å². The van der Waals surface area contributed by atoms with Crippen LogP contribution in [0, 0.1) is 5.82 Å². The Hall–Kier alpha value is -3.81. The fourth-order valence-corrected chi connectivity index (χ4v) is 2.33. The van der Waals surface area contributed by atoms with Crippen LogP contribution in [0.1, 0.15) is 0 Å². The van der Waals surface area contributed by atoms with Crippen LogP contribution in [0.15, 0.2) is 60.8 Å². The third kappa shape index (κ3) is 4.88. The van der Waals surface area contributed by atoms with Gasteiger partial charge in [-0.1, -0.05) is 12.1 Å². The molecule has 0 saturated heterocycles. The number of benzene rings is 2. The van der Waals surface area contributed by atoms with Crippen molar-refractivity contribution >= 4 is 17.4 Å². The van der Waals surface area contributed by atoms with Crippen LogP contribution < -0.4 is 24.8 Å². The molecule has 0 aliphatic carbocycles. The van der Waals surface area contributed by atoms with Crippen LogP contribution in [0.4, 0.5) is 20.6 Å². The van der Waals surface area contributed by atoms with Crippen molar-refractivity contribution in [2.24, 2.45) is 0 Å². The Labute approximate surface area is 161 Å². The molecule has 0 atom stereocenters. The zero-order valence-electron chi connectivity index (χ0n) is 15.2. The van der Waals surface area contributed by atoms with E-state index in [0.717, 1.165) is 0 Å². The van der Waals surface area contributed by atoms with Crippen LogP contribution in [0.3, 0.4) is 0 Å². The maximum absolute atomic E-state index is 13.6. The SMILES string of the molecule is COc1cc(NC(=O)Nc2ccc(Oc3ccccc3F)nc2)cc(OC)c1. The van der Waals surface area contributed by atoms with Crippen molar-refractivity contribution in [2.75, 3.05) is 24.9 Å². The van der Waals surface area contributed by atoms with E-state index in [0.29, 0.717) is 22.9 Å². The summed E-state index contributed by atoms with van der Waals surface area (Å²) in [6.45, 7) is 0. The van der Waals surface area contributed by atoms with Gasteiger partial charge in [-0.05, 0) is 18.2 Å². The van der Waals surface area contributed by atoms with E-state index >= 15 is 0 Å². The topological polar surface area (TPSA) is 81.7 Å². The molecule has 7 nitrogen and oxygen atoms in total. The average molecular weight is 383 g/mol. The Morgan fingerprint density at radius 3 is 2.21 bits per heavy atom. The molecule has 2 aromatic carbocycles. The monoisotopic (exact) mass is 383 g/mol. The molecule has 8 heteroatoms. The Morgan fingerprint density at radius 1 is 0.929 bits per heavy atom. The molecule has 2 N–H and O–H groups in total. The number of para-hydroxylation sites is 1. The number of carbonyl (C=O) groups excluding carboxylic acids is 1. The number of hydrogen-bond donors (Lipinski definition) is 2. The quantitative estimate of drug-likeness (QED) is 0.646. The number of urea groups is 1. The first-order valence-corrected chi connectivity index (χ1v) is 8.27. The molecule has 144 valence electrons. The Balaban J connectivity index is 1.62. The van der Waals surface area contributed by atoms with Crippen molar-refractivity contribution in [3.8, 4) is 23.1 Å². The summed E-state index contributed by atoms with van der Waals surface area (Å²) < 4.78 is 29.3. The first kappa shape index (κ1) is 19.0. The number of ether oxygens (including phenoxy) is 3. The molecule has 0 saturated carbocycles. The molecule has 1 aromatic heterocycles. The molecule has 28 heavy (non-hydrogen) atoms. The molecule has 3 rings (SSSR count). The van der Waals surface area contributed by atoms with Crippen molar-refractivity contribution in [1.29, 1.82) is 0 Å². The Kier molecular flexibility index (Phi) is 5.91. The maximum Gasteiger partial charge on any atom is 0.323 e.